The first-order valence-corrected chi connectivity index (χ1v) is 6.77. The van der Waals surface area contributed by atoms with E-state index in [0.717, 1.165) is 0 Å². The van der Waals surface area contributed by atoms with Gasteiger partial charge >= 0.3 is 0 Å². The van der Waals surface area contributed by atoms with Crippen molar-refractivity contribution in [3.8, 4) is 0 Å². The number of anilines is 1. The first kappa shape index (κ1) is 14.5. The molecule has 0 aliphatic heterocycles. The second-order valence-corrected chi connectivity index (χ2v) is 4.99. The Balaban J connectivity index is 2.13. The summed E-state index contributed by atoms with van der Waals surface area (Å²) < 4.78 is 0. The van der Waals surface area contributed by atoms with Crippen LogP contribution in [0.15, 0.2) is 30.3 Å². The van der Waals surface area contributed by atoms with E-state index in [1.807, 2.05) is 18.2 Å². The van der Waals surface area contributed by atoms with Crippen LogP contribution in [0.2, 0.25) is 5.15 Å². The van der Waals surface area contributed by atoms with Gasteiger partial charge < -0.3 is 5.32 Å². The van der Waals surface area contributed by atoms with Gasteiger partial charge in [-0.15, -0.1) is 0 Å². The van der Waals surface area contributed by atoms with E-state index in [-0.39, 0.29) is 5.15 Å². The number of nitrogens with zero attached hydrogens (tertiary/aromatic N) is 2. The van der Waals surface area contributed by atoms with Gasteiger partial charge in [-0.1, -0.05) is 48.9 Å². The normalized spacial score (nSPS) is 11.9. The highest BCUT2D eigenvalue weighted by molar-refractivity contribution is 6.32. The second kappa shape index (κ2) is 6.48. The molecule has 1 heterocycles. The molecular weight excluding hydrogens is 274 g/mol. The molecule has 0 aliphatic rings. The van der Waals surface area contributed by atoms with Gasteiger partial charge in [0.25, 0.3) is 0 Å². The van der Waals surface area contributed by atoms with Crippen LogP contribution in [0.25, 0.3) is 0 Å². The lowest BCUT2D eigenvalue weighted by Crippen LogP contribution is -2.13. The lowest BCUT2D eigenvalue weighted by atomic mass is 10.0. The number of hydrogen-bond acceptors (Lipinski definition) is 4. The van der Waals surface area contributed by atoms with Crippen LogP contribution in [0.5, 0.6) is 0 Å². The van der Waals surface area contributed by atoms with Gasteiger partial charge in [0.1, 0.15) is 16.8 Å². The van der Waals surface area contributed by atoms with Gasteiger partial charge in [-0.2, -0.15) is 0 Å². The third-order valence-corrected chi connectivity index (χ3v) is 3.36. The molecule has 0 spiro atoms. The Bertz CT molecular complexity index is 602. The van der Waals surface area contributed by atoms with E-state index in [2.05, 4.69) is 34.3 Å². The van der Waals surface area contributed by atoms with Gasteiger partial charge in [0, 0.05) is 6.54 Å². The van der Waals surface area contributed by atoms with Gasteiger partial charge in [-0.25, -0.2) is 9.97 Å². The second-order valence-electron chi connectivity index (χ2n) is 4.63. The molecule has 0 bridgehead atoms. The molecule has 1 atom stereocenters. The summed E-state index contributed by atoms with van der Waals surface area (Å²) in [6.45, 7) is 4.52. The van der Waals surface area contributed by atoms with E-state index >= 15 is 0 Å². The molecule has 2 rings (SSSR count). The smallest absolute Gasteiger partial charge is 0.156 e. The summed E-state index contributed by atoms with van der Waals surface area (Å²) in [5.41, 5.74) is 1.53. The maximum atomic E-state index is 11.1. The number of halogens is 1. The molecule has 0 saturated heterocycles. The third kappa shape index (κ3) is 3.33. The van der Waals surface area contributed by atoms with Gasteiger partial charge in [-0.3, -0.25) is 4.79 Å². The lowest BCUT2D eigenvalue weighted by Gasteiger charge is -2.15. The van der Waals surface area contributed by atoms with Crippen LogP contribution in [0, 0.1) is 6.92 Å². The lowest BCUT2D eigenvalue weighted by molar-refractivity contribution is 0.112. The summed E-state index contributed by atoms with van der Waals surface area (Å²) in [4.78, 5) is 19.3. The summed E-state index contributed by atoms with van der Waals surface area (Å²) in [6.07, 6.45) is 0.678. The van der Waals surface area contributed by atoms with E-state index in [4.69, 9.17) is 11.6 Å². The molecule has 0 amide bonds. The maximum absolute atomic E-state index is 11.1. The average Bonchev–Trinajstić information content (AvgIpc) is 2.45. The van der Waals surface area contributed by atoms with E-state index in [1.165, 1.54) is 5.56 Å². The van der Waals surface area contributed by atoms with Crippen LogP contribution in [0.1, 0.15) is 34.6 Å². The monoisotopic (exact) mass is 289 g/mol. The predicted octanol–water partition coefficient (Wildman–Crippen LogP) is 3.47. The highest BCUT2D eigenvalue weighted by Crippen LogP contribution is 2.21. The molecule has 1 N–H and O–H groups in total. The predicted molar refractivity (Wildman–Crippen MR) is 80.5 cm³/mol. The molecule has 5 heteroatoms. The zero-order valence-electron chi connectivity index (χ0n) is 11.4. The zero-order chi connectivity index (χ0) is 14.5. The van der Waals surface area contributed by atoms with Crippen LogP contribution in [-0.2, 0) is 0 Å². The van der Waals surface area contributed by atoms with Crippen molar-refractivity contribution in [1.82, 2.24) is 9.97 Å². The summed E-state index contributed by atoms with van der Waals surface area (Å²) >= 11 is 5.94. The minimum Gasteiger partial charge on any atom is -0.369 e. The highest BCUT2D eigenvalue weighted by atomic mass is 35.5. The van der Waals surface area contributed by atoms with E-state index < -0.39 is 0 Å². The number of aromatic nitrogens is 2. The molecule has 2 aromatic rings. The molecule has 0 aliphatic carbocycles. The van der Waals surface area contributed by atoms with Crippen LogP contribution in [-0.4, -0.2) is 22.8 Å². The number of carbonyl (C=O) groups excluding carboxylic acids is 1. The Labute approximate surface area is 123 Å². The minimum absolute atomic E-state index is 0.183. The zero-order valence-corrected chi connectivity index (χ0v) is 12.2. The van der Waals surface area contributed by atoms with Gasteiger partial charge in [0.05, 0.1) is 5.56 Å². The summed E-state index contributed by atoms with van der Waals surface area (Å²) in [5, 5.41) is 3.36. The molecule has 0 radical (unpaired) electrons. The number of nitrogens with one attached hydrogen (secondary N) is 1. The summed E-state index contributed by atoms with van der Waals surface area (Å²) in [5.74, 6) is 1.32. The molecule has 1 aromatic heterocycles. The van der Waals surface area contributed by atoms with E-state index in [0.29, 0.717) is 36.0 Å². The largest absolute Gasteiger partial charge is 0.369 e. The average molecular weight is 290 g/mol. The molecule has 0 fully saturated rings. The third-order valence-electron chi connectivity index (χ3n) is 3.07. The topological polar surface area (TPSA) is 54.9 Å². The van der Waals surface area contributed by atoms with Crippen LogP contribution in [0.3, 0.4) is 0 Å². The molecule has 1 unspecified atom stereocenters. The maximum Gasteiger partial charge on any atom is 0.156 e. The SMILES string of the molecule is Cc1nc(Cl)c(C=O)c(NCC(C)c2ccccc2)n1. The fourth-order valence-electron chi connectivity index (χ4n) is 1.94. The van der Waals surface area contributed by atoms with E-state index in [1.54, 1.807) is 6.92 Å². The summed E-state index contributed by atoms with van der Waals surface area (Å²) in [6, 6.07) is 10.2. The fraction of sp³-hybridized carbons (Fsp3) is 0.267. The number of benzene rings is 1. The fourth-order valence-corrected chi connectivity index (χ4v) is 2.19. The van der Waals surface area contributed by atoms with Gasteiger partial charge in [-0.05, 0) is 18.4 Å². The Hall–Kier alpha value is -1.94. The van der Waals surface area contributed by atoms with Crippen molar-refractivity contribution < 1.29 is 4.79 Å². The van der Waals surface area contributed by atoms with Crippen molar-refractivity contribution in [2.45, 2.75) is 19.8 Å². The summed E-state index contributed by atoms with van der Waals surface area (Å²) in [7, 11) is 0. The Morgan fingerprint density at radius 1 is 1.30 bits per heavy atom. The molecule has 1 aromatic carbocycles. The number of aldehydes is 1. The van der Waals surface area contributed by atoms with Crippen LogP contribution < -0.4 is 5.32 Å². The molecular formula is C15H16ClN3O. The van der Waals surface area contributed by atoms with E-state index in [9.17, 15) is 4.79 Å². The number of carbonyl (C=O) groups is 1. The van der Waals surface area contributed by atoms with Crippen molar-refractivity contribution in [1.29, 1.82) is 0 Å². The van der Waals surface area contributed by atoms with Crippen molar-refractivity contribution in [3.05, 3.63) is 52.4 Å². The standard InChI is InChI=1S/C15H16ClN3O/c1-10(12-6-4-3-5-7-12)8-17-15-13(9-20)14(16)18-11(2)19-15/h3-7,9-10H,8H2,1-2H3,(H,17,18,19). The number of aryl methyl sites for hydroxylation is 1. The minimum atomic E-state index is 0.183. The van der Waals surface area contributed by atoms with Crippen molar-refractivity contribution in [2.75, 3.05) is 11.9 Å². The van der Waals surface area contributed by atoms with Crippen molar-refractivity contribution >= 4 is 23.7 Å². The highest BCUT2D eigenvalue weighted by Gasteiger charge is 2.12. The molecule has 104 valence electrons. The molecule has 4 nitrogen and oxygen atoms in total. The van der Waals surface area contributed by atoms with Crippen LogP contribution >= 0.6 is 11.6 Å². The Morgan fingerprint density at radius 2 is 2.00 bits per heavy atom. The Morgan fingerprint density at radius 3 is 2.65 bits per heavy atom. The molecule has 20 heavy (non-hydrogen) atoms. The van der Waals surface area contributed by atoms with Gasteiger partial charge in [0.15, 0.2) is 6.29 Å². The first-order chi connectivity index (χ1) is 9.61. The van der Waals surface area contributed by atoms with Crippen LogP contribution in [0.4, 0.5) is 5.82 Å². The van der Waals surface area contributed by atoms with Crippen molar-refractivity contribution in [2.24, 2.45) is 0 Å². The first-order valence-electron chi connectivity index (χ1n) is 6.40. The van der Waals surface area contributed by atoms with Crippen molar-refractivity contribution in [3.63, 3.8) is 0 Å². The quantitative estimate of drug-likeness (QED) is 0.676. The number of rotatable bonds is 5. The number of hydrogen-bond donors (Lipinski definition) is 1. The Kier molecular flexibility index (Phi) is 4.69. The molecule has 0 saturated carbocycles. The van der Waals surface area contributed by atoms with Gasteiger partial charge in [0.2, 0.25) is 0 Å².